The maximum absolute atomic E-state index is 13.7. The van der Waals surface area contributed by atoms with E-state index in [1.165, 1.54) is 24.3 Å². The van der Waals surface area contributed by atoms with Crippen LogP contribution in [0.1, 0.15) is 26.5 Å². The molecule has 0 radical (unpaired) electrons. The van der Waals surface area contributed by atoms with Crippen LogP contribution in [0.15, 0.2) is 65.1 Å². The number of fused-ring (bicyclic) bond motifs is 1. The summed E-state index contributed by atoms with van der Waals surface area (Å²) in [4.78, 5) is 28.2. The number of carboxylic acids is 1. The Bertz CT molecular complexity index is 1350. The lowest BCUT2D eigenvalue weighted by molar-refractivity contribution is -0.142. The average Bonchev–Trinajstić information content (AvgIpc) is 3.17. The second-order valence-electron chi connectivity index (χ2n) is 6.64. The number of carbonyl (C=O) groups is 2. The van der Waals surface area contributed by atoms with Gasteiger partial charge in [-0.2, -0.15) is 18.3 Å². The van der Waals surface area contributed by atoms with Crippen molar-refractivity contribution >= 4 is 39.1 Å². The largest absolute Gasteiger partial charge is 0.478 e. The van der Waals surface area contributed by atoms with Crippen molar-refractivity contribution in [2.75, 3.05) is 5.32 Å². The van der Waals surface area contributed by atoms with Gasteiger partial charge in [0.15, 0.2) is 17.0 Å². The molecule has 0 fully saturated rings. The molecule has 1 amide bonds. The van der Waals surface area contributed by atoms with Gasteiger partial charge >= 0.3 is 12.1 Å². The van der Waals surface area contributed by atoms with Gasteiger partial charge in [-0.25, -0.2) is 14.3 Å². The minimum absolute atomic E-state index is 0.0124. The van der Waals surface area contributed by atoms with Crippen molar-refractivity contribution in [3.8, 4) is 11.3 Å². The summed E-state index contributed by atoms with van der Waals surface area (Å²) in [7, 11) is 0. The molecule has 2 N–H and O–H groups in total. The van der Waals surface area contributed by atoms with E-state index in [0.717, 1.165) is 16.6 Å². The third-order valence-electron chi connectivity index (χ3n) is 4.50. The molecule has 0 aliphatic heterocycles. The fourth-order valence-electron chi connectivity index (χ4n) is 3.02. The van der Waals surface area contributed by atoms with E-state index in [9.17, 15) is 27.9 Å². The highest BCUT2D eigenvalue weighted by molar-refractivity contribution is 9.10. The van der Waals surface area contributed by atoms with Crippen LogP contribution in [-0.4, -0.2) is 31.6 Å². The number of aromatic nitrogens is 3. The Morgan fingerprint density at radius 2 is 1.72 bits per heavy atom. The van der Waals surface area contributed by atoms with Crippen molar-refractivity contribution in [1.82, 2.24) is 14.6 Å². The lowest BCUT2D eigenvalue weighted by Gasteiger charge is -2.11. The molecule has 32 heavy (non-hydrogen) atoms. The van der Waals surface area contributed by atoms with E-state index in [-0.39, 0.29) is 28.3 Å². The van der Waals surface area contributed by atoms with E-state index in [1.54, 1.807) is 24.3 Å². The van der Waals surface area contributed by atoms with Crippen LogP contribution in [0.5, 0.6) is 0 Å². The average molecular weight is 505 g/mol. The standard InChI is InChI=1S/C21H12BrF3N4O3/c22-12-7-5-11(6-8-12)15-9-17(21(23,24)25)29-18(26-15)10-16(28-29)19(30)27-14-4-2-1-3-13(14)20(31)32/h1-10H,(H,27,30)(H,31,32). The molecule has 162 valence electrons. The molecule has 4 rings (SSSR count). The monoisotopic (exact) mass is 504 g/mol. The first kappa shape index (κ1) is 21.5. The SMILES string of the molecule is O=C(Nc1ccccc1C(=O)O)c1cc2nc(-c3ccc(Br)cc3)cc(C(F)(F)F)n2n1. The zero-order valence-electron chi connectivity index (χ0n) is 15.9. The summed E-state index contributed by atoms with van der Waals surface area (Å²) >= 11 is 3.27. The Balaban J connectivity index is 1.78. The molecule has 0 aliphatic rings. The van der Waals surface area contributed by atoms with Gasteiger partial charge < -0.3 is 10.4 Å². The van der Waals surface area contributed by atoms with Gasteiger partial charge in [0, 0.05) is 16.1 Å². The fourth-order valence-corrected chi connectivity index (χ4v) is 3.29. The quantitative estimate of drug-likeness (QED) is 0.401. The van der Waals surface area contributed by atoms with Crippen molar-refractivity contribution in [2.24, 2.45) is 0 Å². The first-order valence-electron chi connectivity index (χ1n) is 9.01. The summed E-state index contributed by atoms with van der Waals surface area (Å²) in [6, 6.07) is 14.2. The van der Waals surface area contributed by atoms with Gasteiger partial charge in [-0.15, -0.1) is 0 Å². The molecule has 2 aromatic carbocycles. The number of anilines is 1. The number of nitrogens with zero attached hydrogens (tertiary/aromatic N) is 3. The molecule has 0 aliphatic carbocycles. The van der Waals surface area contributed by atoms with Crippen LogP contribution in [0.4, 0.5) is 18.9 Å². The molecule has 0 saturated heterocycles. The van der Waals surface area contributed by atoms with E-state index in [1.807, 2.05) is 0 Å². The second-order valence-corrected chi connectivity index (χ2v) is 7.55. The Kier molecular flexibility index (Phi) is 5.43. The maximum Gasteiger partial charge on any atom is 0.433 e. The number of halogens is 4. The van der Waals surface area contributed by atoms with Crippen molar-refractivity contribution in [2.45, 2.75) is 6.18 Å². The van der Waals surface area contributed by atoms with Crippen LogP contribution in [0, 0.1) is 0 Å². The fraction of sp³-hybridized carbons (Fsp3) is 0.0476. The van der Waals surface area contributed by atoms with E-state index in [2.05, 4.69) is 31.3 Å². The van der Waals surface area contributed by atoms with Crippen LogP contribution in [-0.2, 0) is 6.18 Å². The van der Waals surface area contributed by atoms with E-state index >= 15 is 0 Å². The first-order chi connectivity index (χ1) is 15.1. The summed E-state index contributed by atoms with van der Waals surface area (Å²) in [5, 5.41) is 15.4. The summed E-state index contributed by atoms with van der Waals surface area (Å²) < 4.78 is 42.4. The number of para-hydroxylation sites is 1. The van der Waals surface area contributed by atoms with Crippen molar-refractivity contribution in [1.29, 1.82) is 0 Å². The molecular weight excluding hydrogens is 493 g/mol. The van der Waals surface area contributed by atoms with Crippen LogP contribution in [0.25, 0.3) is 16.9 Å². The highest BCUT2D eigenvalue weighted by Crippen LogP contribution is 2.32. The normalized spacial score (nSPS) is 11.5. The first-order valence-corrected chi connectivity index (χ1v) is 9.80. The molecule has 0 saturated carbocycles. The summed E-state index contributed by atoms with van der Waals surface area (Å²) in [6.45, 7) is 0. The van der Waals surface area contributed by atoms with Gasteiger partial charge in [0.1, 0.15) is 0 Å². The zero-order chi connectivity index (χ0) is 23.0. The molecule has 0 spiro atoms. The lowest BCUT2D eigenvalue weighted by Crippen LogP contribution is -2.17. The van der Waals surface area contributed by atoms with Crippen molar-refractivity contribution in [3.63, 3.8) is 0 Å². The van der Waals surface area contributed by atoms with Crippen molar-refractivity contribution in [3.05, 3.63) is 82.1 Å². The predicted molar refractivity (Wildman–Crippen MR) is 112 cm³/mol. The Morgan fingerprint density at radius 1 is 1.03 bits per heavy atom. The number of carbonyl (C=O) groups excluding carboxylic acids is 1. The van der Waals surface area contributed by atoms with Crippen molar-refractivity contribution < 1.29 is 27.9 Å². The van der Waals surface area contributed by atoms with Gasteiger partial charge in [-0.1, -0.05) is 40.2 Å². The van der Waals surface area contributed by atoms with Crippen LogP contribution in [0.3, 0.4) is 0 Å². The van der Waals surface area contributed by atoms with Gasteiger partial charge in [-0.05, 0) is 30.3 Å². The number of hydrogen-bond acceptors (Lipinski definition) is 4. The van der Waals surface area contributed by atoms with Crippen LogP contribution >= 0.6 is 15.9 Å². The van der Waals surface area contributed by atoms with Gasteiger partial charge in [0.05, 0.1) is 16.9 Å². The highest BCUT2D eigenvalue weighted by atomic mass is 79.9. The third-order valence-corrected chi connectivity index (χ3v) is 5.02. The number of carboxylic acid groups (broad SMARTS) is 1. The zero-order valence-corrected chi connectivity index (χ0v) is 17.5. The number of rotatable bonds is 4. The molecule has 2 aromatic heterocycles. The minimum atomic E-state index is -4.76. The number of benzene rings is 2. The summed E-state index contributed by atoms with van der Waals surface area (Å²) in [6.07, 6.45) is -4.76. The number of hydrogen-bond donors (Lipinski definition) is 2. The van der Waals surface area contributed by atoms with E-state index < -0.39 is 23.7 Å². The topological polar surface area (TPSA) is 96.6 Å². The second kappa shape index (κ2) is 8.08. The number of amides is 1. The molecule has 0 bridgehead atoms. The van der Waals surface area contributed by atoms with E-state index in [0.29, 0.717) is 10.1 Å². The Hall–Kier alpha value is -3.73. The Labute approximate surface area is 186 Å². The molecular formula is C21H12BrF3N4O3. The van der Waals surface area contributed by atoms with E-state index in [4.69, 9.17) is 0 Å². The molecule has 2 heterocycles. The number of nitrogens with one attached hydrogen (secondary N) is 1. The Morgan fingerprint density at radius 3 is 2.38 bits per heavy atom. The highest BCUT2D eigenvalue weighted by Gasteiger charge is 2.35. The summed E-state index contributed by atoms with van der Waals surface area (Å²) in [5.74, 6) is -2.14. The molecule has 0 unspecified atom stereocenters. The molecule has 4 aromatic rings. The maximum atomic E-state index is 13.7. The molecule has 11 heteroatoms. The molecule has 7 nitrogen and oxygen atoms in total. The predicted octanol–water partition coefficient (Wildman–Crippen LogP) is 5.13. The van der Waals surface area contributed by atoms with Gasteiger partial charge in [-0.3, -0.25) is 4.79 Å². The summed E-state index contributed by atoms with van der Waals surface area (Å²) in [5.41, 5.74) is -1.32. The van der Waals surface area contributed by atoms with Crippen LogP contribution in [0.2, 0.25) is 0 Å². The minimum Gasteiger partial charge on any atom is -0.478 e. The van der Waals surface area contributed by atoms with Gasteiger partial charge in [0.2, 0.25) is 0 Å². The molecule has 0 atom stereocenters. The number of aromatic carboxylic acids is 1. The lowest BCUT2D eigenvalue weighted by atomic mass is 10.1. The van der Waals surface area contributed by atoms with Gasteiger partial charge in [0.25, 0.3) is 5.91 Å². The number of alkyl halides is 3. The smallest absolute Gasteiger partial charge is 0.433 e. The van der Waals surface area contributed by atoms with Crippen LogP contribution < -0.4 is 5.32 Å². The third kappa shape index (κ3) is 4.19.